The molecule has 136 valence electrons. The van der Waals surface area contributed by atoms with E-state index in [9.17, 15) is 0 Å². The summed E-state index contributed by atoms with van der Waals surface area (Å²) in [5.41, 5.74) is 1.92. The molecule has 6 nitrogen and oxygen atoms in total. The van der Waals surface area contributed by atoms with Crippen LogP contribution in [-0.2, 0) is 0 Å². The maximum Gasteiger partial charge on any atom is 0.171 e. The van der Waals surface area contributed by atoms with Crippen molar-refractivity contribution in [2.75, 3.05) is 14.2 Å². The number of benzene rings is 2. The molecule has 2 aromatic heterocycles. The van der Waals surface area contributed by atoms with E-state index < -0.39 is 0 Å². The van der Waals surface area contributed by atoms with Gasteiger partial charge in [0.2, 0.25) is 0 Å². The van der Waals surface area contributed by atoms with Crippen molar-refractivity contribution >= 4 is 11.8 Å². The molecule has 0 aliphatic heterocycles. The highest BCUT2D eigenvalue weighted by molar-refractivity contribution is 7.99. The molecule has 2 aromatic carbocycles. The van der Waals surface area contributed by atoms with Gasteiger partial charge in [0, 0.05) is 0 Å². The molecule has 0 amide bonds. The first-order valence-electron chi connectivity index (χ1n) is 8.34. The lowest BCUT2D eigenvalue weighted by molar-refractivity contribution is 0.402. The fraction of sp³-hybridized carbons (Fsp3) is 0.100. The van der Waals surface area contributed by atoms with Gasteiger partial charge in [-0.15, -0.1) is 0 Å². The van der Waals surface area contributed by atoms with Crippen molar-refractivity contribution in [1.29, 1.82) is 0 Å². The molecule has 0 aliphatic rings. The Balaban J connectivity index is 1.68. The van der Waals surface area contributed by atoms with Crippen LogP contribution in [0.3, 0.4) is 0 Å². The van der Waals surface area contributed by atoms with Crippen molar-refractivity contribution in [2.45, 2.75) is 10.1 Å². The average molecular weight is 378 g/mol. The molecule has 0 bridgehead atoms. The van der Waals surface area contributed by atoms with Crippen LogP contribution >= 0.6 is 11.8 Å². The van der Waals surface area contributed by atoms with Crippen LogP contribution in [0.2, 0.25) is 0 Å². The number of hydrogen-bond acceptors (Lipinski definition) is 5. The summed E-state index contributed by atoms with van der Waals surface area (Å²) in [6.45, 7) is 0. The zero-order chi connectivity index (χ0) is 18.6. The number of para-hydroxylation sites is 2. The molecule has 0 saturated carbocycles. The Kier molecular flexibility index (Phi) is 4.84. The van der Waals surface area contributed by atoms with E-state index in [-0.39, 0.29) is 0 Å². The quantitative estimate of drug-likeness (QED) is 0.503. The normalized spacial score (nSPS) is 10.7. The van der Waals surface area contributed by atoms with Gasteiger partial charge in [-0.2, -0.15) is 10.2 Å². The number of nitrogens with zero attached hydrogens (tertiary/aromatic N) is 4. The molecule has 0 radical (unpaired) electrons. The maximum absolute atomic E-state index is 5.51. The molecular weight excluding hydrogens is 360 g/mol. The number of ether oxygens (including phenoxy) is 2. The fourth-order valence-corrected chi connectivity index (χ4v) is 3.54. The summed E-state index contributed by atoms with van der Waals surface area (Å²) < 4.78 is 14.6. The summed E-state index contributed by atoms with van der Waals surface area (Å²) in [6, 6.07) is 19.8. The van der Waals surface area contributed by atoms with Crippen molar-refractivity contribution in [3.63, 3.8) is 0 Å². The van der Waals surface area contributed by atoms with E-state index in [4.69, 9.17) is 9.47 Å². The van der Waals surface area contributed by atoms with Crippen LogP contribution in [0.5, 0.6) is 11.5 Å². The molecule has 0 fully saturated rings. The number of hydrogen-bond donors (Lipinski definition) is 0. The van der Waals surface area contributed by atoms with E-state index in [0.29, 0.717) is 11.5 Å². The minimum atomic E-state index is 0.681. The third-order valence-corrected chi connectivity index (χ3v) is 4.92. The molecule has 0 aliphatic carbocycles. The predicted molar refractivity (Wildman–Crippen MR) is 104 cm³/mol. The van der Waals surface area contributed by atoms with Gasteiger partial charge in [-0.1, -0.05) is 36.4 Å². The molecule has 4 aromatic rings. The zero-order valence-corrected chi connectivity index (χ0v) is 15.8. The van der Waals surface area contributed by atoms with Gasteiger partial charge in [0.25, 0.3) is 0 Å². The SMILES string of the molecule is COc1cn(-c2ccccc2)nc1Sc1nn(-c2ccccc2)cc1OC. The second-order valence-corrected chi connectivity index (χ2v) is 6.65. The highest BCUT2D eigenvalue weighted by atomic mass is 32.2. The van der Waals surface area contributed by atoms with Crippen LogP contribution < -0.4 is 9.47 Å². The first-order chi connectivity index (χ1) is 13.3. The molecule has 0 saturated heterocycles. The van der Waals surface area contributed by atoms with Crippen molar-refractivity contribution in [3.05, 3.63) is 73.1 Å². The van der Waals surface area contributed by atoms with Gasteiger partial charge < -0.3 is 9.47 Å². The Morgan fingerprint density at radius 2 is 1.07 bits per heavy atom. The average Bonchev–Trinajstić information content (AvgIpc) is 3.33. The van der Waals surface area contributed by atoms with Gasteiger partial charge in [-0.3, -0.25) is 0 Å². The van der Waals surface area contributed by atoms with Crippen LogP contribution in [0.4, 0.5) is 0 Å². The summed E-state index contributed by atoms with van der Waals surface area (Å²) in [6.07, 6.45) is 3.72. The maximum atomic E-state index is 5.51. The Morgan fingerprint density at radius 3 is 1.44 bits per heavy atom. The second kappa shape index (κ2) is 7.59. The number of rotatable bonds is 6. The lowest BCUT2D eigenvalue weighted by Crippen LogP contribution is -1.94. The van der Waals surface area contributed by atoms with Gasteiger partial charge in [0.1, 0.15) is 0 Å². The van der Waals surface area contributed by atoms with Crippen molar-refractivity contribution in [3.8, 4) is 22.9 Å². The summed E-state index contributed by atoms with van der Waals surface area (Å²) >= 11 is 1.41. The summed E-state index contributed by atoms with van der Waals surface area (Å²) in [4.78, 5) is 0. The van der Waals surface area contributed by atoms with E-state index in [2.05, 4.69) is 10.2 Å². The Morgan fingerprint density at radius 1 is 0.667 bits per heavy atom. The van der Waals surface area contributed by atoms with Crippen molar-refractivity contribution < 1.29 is 9.47 Å². The third kappa shape index (κ3) is 3.54. The Bertz CT molecular complexity index is 945. The molecule has 0 spiro atoms. The van der Waals surface area contributed by atoms with Crippen LogP contribution in [0.1, 0.15) is 0 Å². The van der Waals surface area contributed by atoms with Gasteiger partial charge in [0.05, 0.1) is 38.0 Å². The topological polar surface area (TPSA) is 54.1 Å². The molecular formula is C20H18N4O2S. The van der Waals surface area contributed by atoms with E-state index in [0.717, 1.165) is 21.4 Å². The molecule has 27 heavy (non-hydrogen) atoms. The highest BCUT2D eigenvalue weighted by Crippen LogP contribution is 2.38. The van der Waals surface area contributed by atoms with Gasteiger partial charge in [-0.25, -0.2) is 9.36 Å². The molecule has 2 heterocycles. The first-order valence-corrected chi connectivity index (χ1v) is 9.16. The van der Waals surface area contributed by atoms with Crippen LogP contribution in [0, 0.1) is 0 Å². The fourth-order valence-electron chi connectivity index (χ4n) is 2.62. The lowest BCUT2D eigenvalue weighted by atomic mass is 10.3. The minimum Gasteiger partial charge on any atom is -0.492 e. The van der Waals surface area contributed by atoms with Crippen LogP contribution in [-0.4, -0.2) is 33.8 Å². The molecule has 0 N–H and O–H groups in total. The van der Waals surface area contributed by atoms with E-state index in [1.807, 2.05) is 73.1 Å². The van der Waals surface area contributed by atoms with E-state index >= 15 is 0 Å². The van der Waals surface area contributed by atoms with Crippen molar-refractivity contribution in [2.24, 2.45) is 0 Å². The minimum absolute atomic E-state index is 0.681. The van der Waals surface area contributed by atoms with E-state index in [1.165, 1.54) is 11.8 Å². The van der Waals surface area contributed by atoms with Gasteiger partial charge >= 0.3 is 0 Å². The third-order valence-electron chi connectivity index (χ3n) is 3.97. The standard InChI is InChI=1S/C20H18N4O2S/c1-25-17-13-23(15-9-5-3-6-10-15)21-19(17)27-20-18(26-2)14-24(22-20)16-11-7-4-8-12-16/h3-14H,1-2H3. The first kappa shape index (κ1) is 17.2. The molecule has 4 rings (SSSR count). The summed E-state index contributed by atoms with van der Waals surface area (Å²) in [5.74, 6) is 1.36. The highest BCUT2D eigenvalue weighted by Gasteiger charge is 2.18. The second-order valence-electron chi connectivity index (χ2n) is 5.67. The molecule has 7 heteroatoms. The van der Waals surface area contributed by atoms with Crippen LogP contribution in [0.25, 0.3) is 11.4 Å². The largest absolute Gasteiger partial charge is 0.492 e. The van der Waals surface area contributed by atoms with E-state index in [1.54, 1.807) is 23.6 Å². The number of aromatic nitrogens is 4. The predicted octanol–water partition coefficient (Wildman–Crippen LogP) is 4.23. The van der Waals surface area contributed by atoms with Gasteiger partial charge in [-0.05, 0) is 36.0 Å². The monoisotopic (exact) mass is 378 g/mol. The Labute approximate surface area is 161 Å². The smallest absolute Gasteiger partial charge is 0.171 e. The molecule has 0 atom stereocenters. The van der Waals surface area contributed by atoms with Gasteiger partial charge in [0.15, 0.2) is 21.6 Å². The zero-order valence-electron chi connectivity index (χ0n) is 14.9. The lowest BCUT2D eigenvalue weighted by Gasteiger charge is -2.00. The summed E-state index contributed by atoms with van der Waals surface area (Å²) in [7, 11) is 3.27. The number of methoxy groups -OCH3 is 2. The molecule has 0 unspecified atom stereocenters. The Hall–Kier alpha value is -3.19. The van der Waals surface area contributed by atoms with Crippen molar-refractivity contribution in [1.82, 2.24) is 19.6 Å². The van der Waals surface area contributed by atoms with Crippen LogP contribution in [0.15, 0.2) is 83.1 Å². The summed E-state index contributed by atoms with van der Waals surface area (Å²) in [5, 5.41) is 10.7.